The molecule has 4 heteroatoms. The minimum absolute atomic E-state index is 0.109. The van der Waals surface area contributed by atoms with Gasteiger partial charge in [0.1, 0.15) is 5.75 Å². The summed E-state index contributed by atoms with van der Waals surface area (Å²) >= 11 is 0. The molecule has 1 aliphatic heterocycles. The van der Waals surface area contributed by atoms with E-state index < -0.39 is 5.54 Å². The minimum atomic E-state index is -0.922. The third-order valence-electron chi connectivity index (χ3n) is 4.92. The first kappa shape index (κ1) is 15.6. The molecule has 1 heterocycles. The summed E-state index contributed by atoms with van der Waals surface area (Å²) in [5.74, 6) is 0.785. The van der Waals surface area contributed by atoms with Crippen molar-refractivity contribution in [2.45, 2.75) is 24.3 Å². The van der Waals surface area contributed by atoms with Gasteiger partial charge < -0.3 is 9.47 Å². The van der Waals surface area contributed by atoms with Crippen molar-refractivity contribution in [3.05, 3.63) is 77.9 Å². The number of nitrogens with zero attached hydrogens (tertiary/aromatic N) is 1. The first-order chi connectivity index (χ1) is 12.2. The van der Waals surface area contributed by atoms with Gasteiger partial charge >= 0.3 is 5.97 Å². The van der Waals surface area contributed by atoms with Crippen LogP contribution in [-0.4, -0.2) is 24.5 Å². The third kappa shape index (κ3) is 2.54. The first-order valence-corrected chi connectivity index (χ1v) is 8.40. The molecule has 0 N–H and O–H groups in total. The molecule has 0 aromatic heterocycles. The van der Waals surface area contributed by atoms with Crippen molar-refractivity contribution >= 4 is 11.9 Å². The second-order valence-corrected chi connectivity index (χ2v) is 6.30. The Balaban J connectivity index is 1.82. The summed E-state index contributed by atoms with van der Waals surface area (Å²) in [5, 5.41) is 0. The van der Waals surface area contributed by atoms with Crippen LogP contribution in [0, 0.1) is 0 Å². The van der Waals surface area contributed by atoms with Gasteiger partial charge in [-0.2, -0.15) is 0 Å². The molecule has 2 aromatic rings. The number of carbonyl (C=O) groups is 1. The smallest absolute Gasteiger partial charge is 0.341 e. The van der Waals surface area contributed by atoms with E-state index >= 15 is 0 Å². The highest BCUT2D eigenvalue weighted by Crippen LogP contribution is 2.47. The number of hydrogen-bond acceptors (Lipinski definition) is 4. The summed E-state index contributed by atoms with van der Waals surface area (Å²) in [7, 11) is 1.65. The average Bonchev–Trinajstić information content (AvgIpc) is 2.99. The monoisotopic (exact) mass is 333 g/mol. The maximum Gasteiger partial charge on any atom is 0.341 e. The normalized spacial score (nSPS) is 24.9. The first-order valence-electron chi connectivity index (χ1n) is 8.40. The lowest BCUT2D eigenvalue weighted by atomic mass is 9.72. The second kappa shape index (κ2) is 6.20. The molecule has 2 aliphatic rings. The number of benzene rings is 2. The van der Waals surface area contributed by atoms with Crippen LogP contribution in [0.4, 0.5) is 0 Å². The van der Waals surface area contributed by atoms with E-state index in [1.165, 1.54) is 0 Å². The Bertz CT molecular complexity index is 856. The lowest BCUT2D eigenvalue weighted by Crippen LogP contribution is -2.41. The molecule has 0 unspecified atom stereocenters. The van der Waals surface area contributed by atoms with Crippen molar-refractivity contribution < 1.29 is 14.3 Å². The van der Waals surface area contributed by atoms with E-state index in [1.807, 2.05) is 60.7 Å². The molecule has 0 saturated heterocycles. The lowest BCUT2D eigenvalue weighted by Gasteiger charge is -2.33. The Labute approximate surface area is 146 Å². The van der Waals surface area contributed by atoms with Crippen LogP contribution in [-0.2, 0) is 9.53 Å². The van der Waals surface area contributed by atoms with E-state index in [4.69, 9.17) is 14.5 Å². The summed E-state index contributed by atoms with van der Waals surface area (Å²) in [6, 6.07) is 17.4. The van der Waals surface area contributed by atoms with Crippen LogP contribution < -0.4 is 4.74 Å². The number of rotatable bonds is 3. The van der Waals surface area contributed by atoms with Gasteiger partial charge in [-0.3, -0.25) is 0 Å². The quantitative estimate of drug-likeness (QED) is 0.633. The number of cyclic esters (lactones) is 1. The molecule has 0 saturated carbocycles. The van der Waals surface area contributed by atoms with E-state index in [0.717, 1.165) is 23.3 Å². The SMILES string of the molecule is COc1ccccc1[C@H]1CC=CC[C@@]12N=C(c1ccccc1)OC2=O. The van der Waals surface area contributed by atoms with Gasteiger partial charge in [0.15, 0.2) is 5.54 Å². The summed E-state index contributed by atoms with van der Waals surface area (Å²) in [4.78, 5) is 17.7. The fourth-order valence-corrected chi connectivity index (χ4v) is 3.65. The zero-order chi connectivity index (χ0) is 17.3. The molecular weight excluding hydrogens is 314 g/mol. The van der Waals surface area contributed by atoms with Crippen LogP contribution in [0.25, 0.3) is 0 Å². The number of ether oxygens (including phenoxy) is 2. The minimum Gasteiger partial charge on any atom is -0.496 e. The summed E-state index contributed by atoms with van der Waals surface area (Å²) in [5.41, 5.74) is 0.889. The number of hydrogen-bond donors (Lipinski definition) is 0. The average molecular weight is 333 g/mol. The predicted octanol–water partition coefficient (Wildman–Crippen LogP) is 3.87. The molecule has 1 spiro atoms. The Kier molecular flexibility index (Phi) is 3.88. The van der Waals surface area contributed by atoms with Crippen LogP contribution in [0.15, 0.2) is 71.7 Å². The molecule has 126 valence electrons. The molecule has 4 rings (SSSR count). The Morgan fingerprint density at radius 1 is 1.08 bits per heavy atom. The highest BCUT2D eigenvalue weighted by atomic mass is 16.6. The Morgan fingerprint density at radius 3 is 2.64 bits per heavy atom. The fourth-order valence-electron chi connectivity index (χ4n) is 3.65. The summed E-state index contributed by atoms with van der Waals surface area (Å²) in [6.45, 7) is 0. The van der Waals surface area contributed by atoms with Gasteiger partial charge in [-0.15, -0.1) is 0 Å². The van der Waals surface area contributed by atoms with Crippen molar-refractivity contribution in [3.63, 3.8) is 0 Å². The second-order valence-electron chi connectivity index (χ2n) is 6.30. The van der Waals surface area contributed by atoms with Crippen LogP contribution >= 0.6 is 0 Å². The number of aliphatic imine (C=N–C) groups is 1. The highest BCUT2D eigenvalue weighted by Gasteiger charge is 2.53. The molecule has 0 bridgehead atoms. The van der Waals surface area contributed by atoms with Crippen LogP contribution in [0.5, 0.6) is 5.75 Å². The van der Waals surface area contributed by atoms with Gasteiger partial charge in [0.25, 0.3) is 0 Å². The third-order valence-corrected chi connectivity index (χ3v) is 4.92. The zero-order valence-electron chi connectivity index (χ0n) is 14.0. The highest BCUT2D eigenvalue weighted by molar-refractivity contribution is 6.08. The molecule has 25 heavy (non-hydrogen) atoms. The molecule has 0 fully saturated rings. The van der Waals surface area contributed by atoms with E-state index in [9.17, 15) is 4.79 Å². The van der Waals surface area contributed by atoms with E-state index in [2.05, 4.69) is 6.08 Å². The molecule has 2 atom stereocenters. The van der Waals surface area contributed by atoms with Gasteiger partial charge in [-0.05, 0) is 24.6 Å². The largest absolute Gasteiger partial charge is 0.496 e. The molecule has 4 nitrogen and oxygen atoms in total. The van der Waals surface area contributed by atoms with Gasteiger partial charge in [-0.25, -0.2) is 9.79 Å². The van der Waals surface area contributed by atoms with Gasteiger partial charge in [0.2, 0.25) is 5.90 Å². The van der Waals surface area contributed by atoms with Crippen molar-refractivity contribution in [2.24, 2.45) is 4.99 Å². The molecule has 1 aliphatic carbocycles. The Morgan fingerprint density at radius 2 is 1.84 bits per heavy atom. The van der Waals surface area contributed by atoms with Crippen molar-refractivity contribution in [1.29, 1.82) is 0 Å². The molecular formula is C21H19NO3. The molecule has 0 radical (unpaired) electrons. The maximum atomic E-state index is 12.9. The molecule has 2 aromatic carbocycles. The molecule has 0 amide bonds. The standard InChI is InChI=1S/C21H19NO3/c1-24-18-13-6-5-11-16(18)17-12-7-8-14-21(17)20(23)25-19(22-21)15-9-3-2-4-10-15/h2-11,13,17H,12,14H2,1H3/t17-,21-/m1/s1. The maximum absolute atomic E-state index is 12.9. The lowest BCUT2D eigenvalue weighted by molar-refractivity contribution is -0.139. The predicted molar refractivity (Wildman–Crippen MR) is 95.9 cm³/mol. The van der Waals surface area contributed by atoms with Crippen LogP contribution in [0.1, 0.15) is 29.9 Å². The summed E-state index contributed by atoms with van der Waals surface area (Å²) in [6.07, 6.45) is 5.38. The van der Waals surface area contributed by atoms with E-state index in [0.29, 0.717) is 12.3 Å². The van der Waals surface area contributed by atoms with Crippen LogP contribution in [0.2, 0.25) is 0 Å². The van der Waals surface area contributed by atoms with Crippen LogP contribution in [0.3, 0.4) is 0 Å². The van der Waals surface area contributed by atoms with E-state index in [-0.39, 0.29) is 11.9 Å². The number of allylic oxidation sites excluding steroid dienone is 1. The van der Waals surface area contributed by atoms with Crippen molar-refractivity contribution in [1.82, 2.24) is 0 Å². The number of para-hydroxylation sites is 1. The number of esters is 1. The van der Waals surface area contributed by atoms with Crippen molar-refractivity contribution in [2.75, 3.05) is 7.11 Å². The topological polar surface area (TPSA) is 47.9 Å². The van der Waals surface area contributed by atoms with Gasteiger partial charge in [-0.1, -0.05) is 48.6 Å². The fraction of sp³-hybridized carbons (Fsp3) is 0.238. The van der Waals surface area contributed by atoms with Crippen molar-refractivity contribution in [3.8, 4) is 5.75 Å². The van der Waals surface area contributed by atoms with Gasteiger partial charge in [0, 0.05) is 23.5 Å². The van der Waals surface area contributed by atoms with E-state index in [1.54, 1.807) is 7.11 Å². The number of methoxy groups -OCH3 is 1. The number of carbonyl (C=O) groups excluding carboxylic acids is 1. The van der Waals surface area contributed by atoms with Gasteiger partial charge in [0.05, 0.1) is 7.11 Å². The summed E-state index contributed by atoms with van der Waals surface area (Å²) < 4.78 is 11.1. The zero-order valence-corrected chi connectivity index (χ0v) is 14.0. The Hall–Kier alpha value is -2.88.